The summed E-state index contributed by atoms with van der Waals surface area (Å²) in [4.78, 5) is 11.4. The predicted molar refractivity (Wildman–Crippen MR) is 68.8 cm³/mol. The number of nitrogens with zero attached hydrogens (tertiary/aromatic N) is 3. The summed E-state index contributed by atoms with van der Waals surface area (Å²) in [6.07, 6.45) is 0.936. The number of carbonyl (C=O) groups excluding carboxylic acids is 1. The molecule has 0 unspecified atom stereocenters. The molecule has 1 aromatic heterocycles. The average Bonchev–Trinajstić information content (AvgIpc) is 2.65. The van der Waals surface area contributed by atoms with Crippen molar-refractivity contribution >= 4 is 23.6 Å². The van der Waals surface area contributed by atoms with E-state index in [2.05, 4.69) is 15.5 Å². The second-order valence-electron chi connectivity index (χ2n) is 3.94. The second-order valence-corrected chi connectivity index (χ2v) is 4.89. The van der Waals surface area contributed by atoms with Crippen LogP contribution in [0, 0.1) is 0 Å². The van der Waals surface area contributed by atoms with Crippen molar-refractivity contribution in [3.63, 3.8) is 0 Å². The van der Waals surface area contributed by atoms with Crippen LogP contribution in [0.3, 0.4) is 0 Å². The van der Waals surface area contributed by atoms with E-state index >= 15 is 0 Å². The van der Waals surface area contributed by atoms with Gasteiger partial charge < -0.3 is 11.1 Å². The van der Waals surface area contributed by atoms with Gasteiger partial charge in [-0.2, -0.15) is 0 Å². The Bertz CT molecular complexity index is 377. The fraction of sp³-hybridized carbons (Fsp3) is 0.700. The minimum absolute atomic E-state index is 0.00808. The Morgan fingerprint density at radius 2 is 2.24 bits per heavy atom. The molecule has 0 radical (unpaired) electrons. The van der Waals surface area contributed by atoms with Crippen LogP contribution in [0.2, 0.25) is 0 Å². The van der Waals surface area contributed by atoms with Crippen LogP contribution in [0.25, 0.3) is 0 Å². The van der Waals surface area contributed by atoms with E-state index in [0.717, 1.165) is 6.42 Å². The third-order valence-corrected chi connectivity index (χ3v) is 3.05. The number of nitrogens with two attached hydrogens (primary N) is 1. The standard InChI is InChI=1S/C10H19N5OS/c1-4-5-12-8(16)6-17-10-14-13-9(11)15(10)7(2)3/h7H,4-6H2,1-3H3,(H2,11,13)(H,12,16). The monoisotopic (exact) mass is 257 g/mol. The number of hydrogen-bond donors (Lipinski definition) is 2. The highest BCUT2D eigenvalue weighted by atomic mass is 32.2. The Hall–Kier alpha value is -1.24. The van der Waals surface area contributed by atoms with Gasteiger partial charge >= 0.3 is 0 Å². The molecule has 96 valence electrons. The molecule has 0 aliphatic rings. The van der Waals surface area contributed by atoms with Crippen LogP contribution in [0.4, 0.5) is 5.95 Å². The van der Waals surface area contributed by atoms with Gasteiger partial charge in [-0.3, -0.25) is 9.36 Å². The van der Waals surface area contributed by atoms with Crippen molar-refractivity contribution in [3.8, 4) is 0 Å². The van der Waals surface area contributed by atoms with Crippen LogP contribution in [0.15, 0.2) is 5.16 Å². The summed E-state index contributed by atoms with van der Waals surface area (Å²) >= 11 is 1.35. The van der Waals surface area contributed by atoms with Crippen LogP contribution >= 0.6 is 11.8 Å². The largest absolute Gasteiger partial charge is 0.368 e. The highest BCUT2D eigenvalue weighted by Gasteiger charge is 2.14. The van der Waals surface area contributed by atoms with E-state index in [1.165, 1.54) is 11.8 Å². The van der Waals surface area contributed by atoms with Crippen LogP contribution in [-0.4, -0.2) is 33.0 Å². The summed E-state index contributed by atoms with van der Waals surface area (Å²) in [5.74, 6) is 0.732. The Kier molecular flexibility index (Phi) is 5.27. The molecule has 3 N–H and O–H groups in total. The second kappa shape index (κ2) is 6.48. The SMILES string of the molecule is CCCNC(=O)CSc1nnc(N)n1C(C)C. The lowest BCUT2D eigenvalue weighted by molar-refractivity contribution is -0.118. The minimum Gasteiger partial charge on any atom is -0.368 e. The van der Waals surface area contributed by atoms with E-state index in [0.29, 0.717) is 23.4 Å². The van der Waals surface area contributed by atoms with E-state index in [1.807, 2.05) is 25.3 Å². The topological polar surface area (TPSA) is 85.8 Å². The first-order chi connectivity index (χ1) is 8.06. The molecule has 1 heterocycles. The number of anilines is 1. The van der Waals surface area contributed by atoms with Gasteiger partial charge in [0.25, 0.3) is 0 Å². The lowest BCUT2D eigenvalue weighted by Gasteiger charge is -2.11. The molecule has 0 aliphatic heterocycles. The van der Waals surface area contributed by atoms with Gasteiger partial charge in [0.05, 0.1) is 5.75 Å². The summed E-state index contributed by atoms with van der Waals surface area (Å²) in [5, 5.41) is 11.3. The zero-order valence-electron chi connectivity index (χ0n) is 10.4. The van der Waals surface area contributed by atoms with Gasteiger partial charge in [0, 0.05) is 12.6 Å². The summed E-state index contributed by atoms with van der Waals surface area (Å²) in [5.41, 5.74) is 5.70. The summed E-state index contributed by atoms with van der Waals surface area (Å²) < 4.78 is 1.82. The number of thioether (sulfide) groups is 1. The van der Waals surface area contributed by atoms with E-state index in [9.17, 15) is 4.79 Å². The molecule has 17 heavy (non-hydrogen) atoms. The van der Waals surface area contributed by atoms with Crippen LogP contribution < -0.4 is 11.1 Å². The average molecular weight is 257 g/mol. The number of aromatic nitrogens is 3. The Labute approximate surface area is 105 Å². The molecule has 0 aromatic carbocycles. The lowest BCUT2D eigenvalue weighted by Crippen LogP contribution is -2.25. The number of amides is 1. The Morgan fingerprint density at radius 3 is 2.82 bits per heavy atom. The van der Waals surface area contributed by atoms with Crippen molar-refractivity contribution in [1.29, 1.82) is 0 Å². The molecule has 1 amide bonds. The molecule has 0 saturated carbocycles. The molecule has 1 rings (SSSR count). The highest BCUT2D eigenvalue weighted by molar-refractivity contribution is 7.99. The van der Waals surface area contributed by atoms with Crippen molar-refractivity contribution in [3.05, 3.63) is 0 Å². The van der Waals surface area contributed by atoms with E-state index in [1.54, 1.807) is 0 Å². The first kappa shape index (κ1) is 13.8. The van der Waals surface area contributed by atoms with Crippen molar-refractivity contribution in [1.82, 2.24) is 20.1 Å². The fourth-order valence-electron chi connectivity index (χ4n) is 1.32. The molecule has 0 saturated heterocycles. The van der Waals surface area contributed by atoms with Crippen LogP contribution in [0.1, 0.15) is 33.2 Å². The molecule has 7 heteroatoms. The summed E-state index contributed by atoms with van der Waals surface area (Å²) in [6, 6.07) is 0.186. The quantitative estimate of drug-likeness (QED) is 0.744. The van der Waals surface area contributed by atoms with E-state index in [-0.39, 0.29) is 11.9 Å². The Morgan fingerprint density at radius 1 is 1.53 bits per heavy atom. The van der Waals surface area contributed by atoms with Gasteiger partial charge in [0.1, 0.15) is 0 Å². The maximum atomic E-state index is 11.4. The maximum Gasteiger partial charge on any atom is 0.230 e. The molecule has 0 spiro atoms. The summed E-state index contributed by atoms with van der Waals surface area (Å²) in [6.45, 7) is 6.73. The van der Waals surface area contributed by atoms with Gasteiger partial charge in [0.15, 0.2) is 5.16 Å². The van der Waals surface area contributed by atoms with Gasteiger partial charge in [-0.15, -0.1) is 10.2 Å². The zero-order valence-corrected chi connectivity index (χ0v) is 11.3. The molecule has 0 fully saturated rings. The van der Waals surface area contributed by atoms with Gasteiger partial charge in [0.2, 0.25) is 11.9 Å². The number of hydrogen-bond acceptors (Lipinski definition) is 5. The first-order valence-electron chi connectivity index (χ1n) is 5.66. The molecule has 6 nitrogen and oxygen atoms in total. The lowest BCUT2D eigenvalue weighted by atomic mass is 10.4. The molecule has 0 atom stereocenters. The molecule has 1 aromatic rings. The van der Waals surface area contributed by atoms with Crippen molar-refractivity contribution in [2.75, 3.05) is 18.0 Å². The number of nitrogens with one attached hydrogen (secondary N) is 1. The first-order valence-corrected chi connectivity index (χ1v) is 6.64. The van der Waals surface area contributed by atoms with Gasteiger partial charge in [-0.05, 0) is 20.3 Å². The van der Waals surface area contributed by atoms with Crippen molar-refractivity contribution in [2.24, 2.45) is 0 Å². The van der Waals surface area contributed by atoms with Gasteiger partial charge in [-0.25, -0.2) is 0 Å². The van der Waals surface area contributed by atoms with Crippen LogP contribution in [-0.2, 0) is 4.79 Å². The van der Waals surface area contributed by atoms with Crippen molar-refractivity contribution < 1.29 is 4.79 Å². The normalized spacial score (nSPS) is 10.8. The maximum absolute atomic E-state index is 11.4. The van der Waals surface area contributed by atoms with Gasteiger partial charge in [-0.1, -0.05) is 18.7 Å². The smallest absolute Gasteiger partial charge is 0.230 e. The van der Waals surface area contributed by atoms with E-state index in [4.69, 9.17) is 5.73 Å². The number of rotatable bonds is 6. The summed E-state index contributed by atoms with van der Waals surface area (Å²) in [7, 11) is 0. The molecular formula is C10H19N5OS. The minimum atomic E-state index is 0.00808. The van der Waals surface area contributed by atoms with E-state index < -0.39 is 0 Å². The molecule has 0 bridgehead atoms. The third-order valence-electron chi connectivity index (χ3n) is 2.11. The molecule has 0 aliphatic carbocycles. The predicted octanol–water partition coefficient (Wildman–Crippen LogP) is 1.06. The van der Waals surface area contributed by atoms with Crippen LogP contribution in [0.5, 0.6) is 0 Å². The highest BCUT2D eigenvalue weighted by Crippen LogP contribution is 2.22. The number of carbonyl (C=O) groups is 1. The molecular weight excluding hydrogens is 238 g/mol. The Balaban J connectivity index is 2.54. The third kappa shape index (κ3) is 3.92. The van der Waals surface area contributed by atoms with Crippen molar-refractivity contribution in [2.45, 2.75) is 38.4 Å². The zero-order chi connectivity index (χ0) is 12.8. The number of nitrogen functional groups attached to an aromatic ring is 1. The fourth-order valence-corrected chi connectivity index (χ4v) is 2.22.